The quantitative estimate of drug-likeness (QED) is 0.585. The summed E-state index contributed by atoms with van der Waals surface area (Å²) in [6.07, 6.45) is 1.75. The molecule has 0 spiro atoms. The van der Waals surface area contributed by atoms with Gasteiger partial charge in [-0.15, -0.1) is 0 Å². The zero-order chi connectivity index (χ0) is 22.5. The van der Waals surface area contributed by atoms with Crippen LogP contribution in [0.25, 0.3) is 10.9 Å². The number of carbonyl (C=O) groups is 3. The lowest BCUT2D eigenvalue weighted by Crippen LogP contribution is -2.50. The molecule has 7 nitrogen and oxygen atoms in total. The van der Waals surface area contributed by atoms with Crippen LogP contribution in [0.15, 0.2) is 60.7 Å². The van der Waals surface area contributed by atoms with Crippen molar-refractivity contribution < 1.29 is 19.1 Å². The molecule has 0 aliphatic carbocycles. The summed E-state index contributed by atoms with van der Waals surface area (Å²) in [5, 5.41) is 3.82. The lowest BCUT2D eigenvalue weighted by Gasteiger charge is -2.32. The van der Waals surface area contributed by atoms with E-state index in [1.807, 2.05) is 60.7 Å². The van der Waals surface area contributed by atoms with Gasteiger partial charge in [-0.1, -0.05) is 48.5 Å². The number of H-pyrrole nitrogens is 1. The minimum absolute atomic E-state index is 0.118. The number of rotatable bonds is 6. The summed E-state index contributed by atoms with van der Waals surface area (Å²) in [5.74, 6) is -1.21. The molecule has 3 aromatic rings. The minimum Gasteiger partial charge on any atom is -0.467 e. The molecule has 2 heterocycles. The van der Waals surface area contributed by atoms with Crippen molar-refractivity contribution in [3.63, 3.8) is 0 Å². The van der Waals surface area contributed by atoms with Crippen molar-refractivity contribution >= 4 is 28.7 Å². The van der Waals surface area contributed by atoms with Gasteiger partial charge in [0, 0.05) is 30.4 Å². The number of hydrogen-bond acceptors (Lipinski definition) is 4. The molecule has 0 radical (unpaired) electrons. The van der Waals surface area contributed by atoms with Crippen LogP contribution in [0, 0.1) is 5.92 Å². The van der Waals surface area contributed by atoms with Crippen molar-refractivity contribution in [2.75, 3.05) is 20.2 Å². The van der Waals surface area contributed by atoms with Crippen LogP contribution < -0.4 is 5.32 Å². The maximum absolute atomic E-state index is 13.0. The van der Waals surface area contributed by atoms with Crippen molar-refractivity contribution in [1.29, 1.82) is 0 Å². The first-order valence-corrected chi connectivity index (χ1v) is 10.8. The SMILES string of the molecule is COC(=O)[C@H](Cc1ccccc1)NC(=O)[C@@H]1CCCN(C(=O)c2cc3ccccc3[nH]2)C1. The summed E-state index contributed by atoms with van der Waals surface area (Å²) >= 11 is 0. The van der Waals surface area contributed by atoms with Crippen LogP contribution in [-0.4, -0.2) is 53.9 Å². The number of nitrogens with zero attached hydrogens (tertiary/aromatic N) is 1. The Hall–Kier alpha value is -3.61. The number of amides is 2. The van der Waals surface area contributed by atoms with Crippen LogP contribution in [0.3, 0.4) is 0 Å². The summed E-state index contributed by atoms with van der Waals surface area (Å²) in [4.78, 5) is 43.2. The van der Waals surface area contributed by atoms with Crippen LogP contribution in [0.2, 0.25) is 0 Å². The van der Waals surface area contributed by atoms with E-state index in [2.05, 4.69) is 10.3 Å². The minimum atomic E-state index is -0.769. The number of benzene rings is 2. The van der Waals surface area contributed by atoms with Gasteiger partial charge in [-0.25, -0.2) is 4.79 Å². The van der Waals surface area contributed by atoms with Gasteiger partial charge in [0.05, 0.1) is 13.0 Å². The average Bonchev–Trinajstić information content (AvgIpc) is 3.27. The number of aromatic nitrogens is 1. The van der Waals surface area contributed by atoms with Gasteiger partial charge in [0.15, 0.2) is 0 Å². The van der Waals surface area contributed by atoms with Gasteiger partial charge >= 0.3 is 5.97 Å². The molecule has 1 saturated heterocycles. The molecule has 2 amide bonds. The van der Waals surface area contributed by atoms with Crippen LogP contribution in [-0.2, 0) is 20.7 Å². The predicted molar refractivity (Wildman–Crippen MR) is 121 cm³/mol. The number of esters is 1. The first kappa shape index (κ1) is 21.6. The van der Waals surface area contributed by atoms with Gasteiger partial charge < -0.3 is 19.9 Å². The first-order chi connectivity index (χ1) is 15.5. The highest BCUT2D eigenvalue weighted by atomic mass is 16.5. The van der Waals surface area contributed by atoms with E-state index < -0.39 is 12.0 Å². The third-order valence-corrected chi connectivity index (χ3v) is 5.92. The molecule has 4 rings (SSSR count). The number of para-hydroxylation sites is 1. The molecule has 1 fully saturated rings. The number of hydrogen-bond donors (Lipinski definition) is 2. The molecular weight excluding hydrogens is 406 g/mol. The number of likely N-dealkylation sites (tertiary alicyclic amines) is 1. The Balaban J connectivity index is 1.42. The Morgan fingerprint density at radius 3 is 2.62 bits per heavy atom. The normalized spacial score (nSPS) is 17.0. The Labute approximate surface area is 186 Å². The maximum atomic E-state index is 13.0. The summed E-state index contributed by atoms with van der Waals surface area (Å²) < 4.78 is 4.90. The van der Waals surface area contributed by atoms with Crippen molar-refractivity contribution in [1.82, 2.24) is 15.2 Å². The van der Waals surface area contributed by atoms with Gasteiger partial charge in [0.25, 0.3) is 5.91 Å². The van der Waals surface area contributed by atoms with E-state index in [1.54, 1.807) is 4.90 Å². The van der Waals surface area contributed by atoms with E-state index in [0.717, 1.165) is 22.9 Å². The van der Waals surface area contributed by atoms with E-state index in [0.29, 0.717) is 31.6 Å². The van der Waals surface area contributed by atoms with Gasteiger partial charge in [0.2, 0.25) is 5.91 Å². The van der Waals surface area contributed by atoms with E-state index in [4.69, 9.17) is 4.74 Å². The van der Waals surface area contributed by atoms with Gasteiger partial charge in [-0.3, -0.25) is 9.59 Å². The third-order valence-electron chi connectivity index (χ3n) is 5.92. The largest absolute Gasteiger partial charge is 0.467 e. The Morgan fingerprint density at radius 2 is 1.88 bits per heavy atom. The van der Waals surface area contributed by atoms with E-state index in [9.17, 15) is 14.4 Å². The van der Waals surface area contributed by atoms with Crippen molar-refractivity contribution in [3.8, 4) is 0 Å². The molecule has 32 heavy (non-hydrogen) atoms. The zero-order valence-electron chi connectivity index (χ0n) is 18.0. The molecule has 2 aromatic carbocycles. The molecule has 0 saturated carbocycles. The van der Waals surface area contributed by atoms with Crippen molar-refractivity contribution in [2.45, 2.75) is 25.3 Å². The summed E-state index contributed by atoms with van der Waals surface area (Å²) in [5.41, 5.74) is 2.36. The fourth-order valence-electron chi connectivity index (χ4n) is 4.21. The first-order valence-electron chi connectivity index (χ1n) is 10.8. The standard InChI is InChI=1S/C25H27N3O4/c1-32-25(31)22(14-17-8-3-2-4-9-17)27-23(29)19-11-7-13-28(16-19)24(30)21-15-18-10-5-6-12-20(18)26-21/h2-6,8-10,12,15,19,22,26H,7,11,13-14,16H2,1H3,(H,27,29)/t19-,22+/m1/s1. The van der Waals surface area contributed by atoms with Gasteiger partial charge in [-0.05, 0) is 30.5 Å². The van der Waals surface area contributed by atoms with E-state index in [1.165, 1.54) is 7.11 Å². The number of nitrogens with one attached hydrogen (secondary N) is 2. The summed E-state index contributed by atoms with van der Waals surface area (Å²) in [7, 11) is 1.31. The topological polar surface area (TPSA) is 91.5 Å². The zero-order valence-corrected chi connectivity index (χ0v) is 18.0. The number of fused-ring (bicyclic) bond motifs is 1. The predicted octanol–water partition coefficient (Wildman–Crippen LogP) is 2.92. The van der Waals surface area contributed by atoms with Crippen LogP contribution in [0.1, 0.15) is 28.9 Å². The van der Waals surface area contributed by atoms with E-state index >= 15 is 0 Å². The van der Waals surface area contributed by atoms with Crippen molar-refractivity contribution in [3.05, 3.63) is 71.9 Å². The molecular formula is C25H27N3O4. The molecule has 0 bridgehead atoms. The number of methoxy groups -OCH3 is 1. The molecule has 1 aliphatic heterocycles. The highest BCUT2D eigenvalue weighted by Crippen LogP contribution is 2.21. The number of aromatic amines is 1. The monoisotopic (exact) mass is 433 g/mol. The summed E-state index contributed by atoms with van der Waals surface area (Å²) in [6.45, 7) is 0.918. The van der Waals surface area contributed by atoms with Crippen LogP contribution >= 0.6 is 0 Å². The molecule has 166 valence electrons. The second kappa shape index (κ2) is 9.68. The van der Waals surface area contributed by atoms with E-state index in [-0.39, 0.29) is 17.7 Å². The highest BCUT2D eigenvalue weighted by molar-refractivity contribution is 5.98. The smallest absolute Gasteiger partial charge is 0.328 e. The van der Waals surface area contributed by atoms with Crippen LogP contribution in [0.4, 0.5) is 0 Å². The molecule has 1 aromatic heterocycles. The lowest BCUT2D eigenvalue weighted by atomic mass is 9.96. The number of carbonyl (C=O) groups excluding carboxylic acids is 3. The van der Waals surface area contributed by atoms with Gasteiger partial charge in [-0.2, -0.15) is 0 Å². The maximum Gasteiger partial charge on any atom is 0.328 e. The number of piperidine rings is 1. The molecule has 2 N–H and O–H groups in total. The average molecular weight is 434 g/mol. The Bertz CT molecular complexity index is 1080. The highest BCUT2D eigenvalue weighted by Gasteiger charge is 2.32. The van der Waals surface area contributed by atoms with Gasteiger partial charge in [0.1, 0.15) is 11.7 Å². The van der Waals surface area contributed by atoms with Crippen molar-refractivity contribution in [2.24, 2.45) is 5.92 Å². The third kappa shape index (κ3) is 4.82. The fourth-order valence-corrected chi connectivity index (χ4v) is 4.21. The Morgan fingerprint density at radius 1 is 1.12 bits per heavy atom. The number of ether oxygens (including phenoxy) is 1. The fraction of sp³-hybridized carbons (Fsp3) is 0.320. The van der Waals surface area contributed by atoms with Crippen LogP contribution in [0.5, 0.6) is 0 Å². The molecule has 1 aliphatic rings. The molecule has 7 heteroatoms. The Kier molecular flexibility index (Phi) is 6.54. The molecule has 0 unspecified atom stereocenters. The second-order valence-electron chi connectivity index (χ2n) is 8.13. The second-order valence-corrected chi connectivity index (χ2v) is 8.13. The summed E-state index contributed by atoms with van der Waals surface area (Å²) in [6, 6.07) is 18.3. The lowest BCUT2D eigenvalue weighted by molar-refractivity contribution is -0.145. The molecule has 2 atom stereocenters.